The third-order valence-corrected chi connectivity index (χ3v) is 3.96. The predicted octanol–water partition coefficient (Wildman–Crippen LogP) is 4.52. The van der Waals surface area contributed by atoms with Gasteiger partial charge < -0.3 is 10.1 Å². The van der Waals surface area contributed by atoms with Crippen molar-refractivity contribution >= 4 is 11.6 Å². The Hall–Kier alpha value is -2.29. The van der Waals surface area contributed by atoms with Gasteiger partial charge in [-0.1, -0.05) is 37.3 Å². The van der Waals surface area contributed by atoms with Crippen molar-refractivity contribution in [2.75, 3.05) is 12.4 Å². The van der Waals surface area contributed by atoms with Crippen molar-refractivity contribution in [2.45, 2.75) is 33.6 Å². The fourth-order valence-corrected chi connectivity index (χ4v) is 2.71. The molecule has 122 valence electrons. The molecule has 2 aromatic carbocycles. The highest BCUT2D eigenvalue weighted by Crippen LogP contribution is 2.23. The van der Waals surface area contributed by atoms with Crippen molar-refractivity contribution in [1.82, 2.24) is 0 Å². The zero-order chi connectivity index (χ0) is 16.8. The van der Waals surface area contributed by atoms with Crippen LogP contribution in [0.15, 0.2) is 42.5 Å². The lowest BCUT2D eigenvalue weighted by atomic mass is 9.97. The highest BCUT2D eigenvalue weighted by atomic mass is 16.5. The first-order chi connectivity index (χ1) is 11.0. The van der Waals surface area contributed by atoms with E-state index in [1.54, 1.807) is 7.11 Å². The van der Waals surface area contributed by atoms with E-state index < -0.39 is 0 Å². The van der Waals surface area contributed by atoms with Crippen molar-refractivity contribution in [3.8, 4) is 5.75 Å². The maximum Gasteiger partial charge on any atom is 0.224 e. The van der Waals surface area contributed by atoms with E-state index in [4.69, 9.17) is 4.74 Å². The maximum atomic E-state index is 12.3. The molecule has 0 saturated carbocycles. The number of hydrogen-bond acceptors (Lipinski definition) is 2. The molecular weight excluding hydrogens is 286 g/mol. The predicted molar refractivity (Wildman–Crippen MR) is 95.0 cm³/mol. The lowest BCUT2D eigenvalue weighted by Crippen LogP contribution is -2.17. The number of ether oxygens (including phenoxy) is 1. The van der Waals surface area contributed by atoms with E-state index in [-0.39, 0.29) is 11.8 Å². The van der Waals surface area contributed by atoms with Gasteiger partial charge >= 0.3 is 0 Å². The summed E-state index contributed by atoms with van der Waals surface area (Å²) in [6, 6.07) is 14.1. The lowest BCUT2D eigenvalue weighted by molar-refractivity contribution is -0.116. The Kier molecular flexibility index (Phi) is 5.80. The summed E-state index contributed by atoms with van der Waals surface area (Å²) in [7, 11) is 1.68. The van der Waals surface area contributed by atoms with Crippen LogP contribution >= 0.6 is 0 Å². The Bertz CT molecular complexity index is 679. The normalized spacial score (nSPS) is 11.8. The summed E-state index contributed by atoms with van der Waals surface area (Å²) < 4.78 is 5.38. The molecule has 0 bridgehead atoms. The zero-order valence-corrected chi connectivity index (χ0v) is 14.3. The number of carbonyl (C=O) groups is 1. The third-order valence-electron chi connectivity index (χ3n) is 3.96. The van der Waals surface area contributed by atoms with E-state index in [0.717, 1.165) is 34.5 Å². The first kappa shape index (κ1) is 17.1. The second-order valence-electron chi connectivity index (χ2n) is 6.19. The molecule has 0 aromatic heterocycles. The van der Waals surface area contributed by atoms with Gasteiger partial charge in [-0.25, -0.2) is 0 Å². The van der Waals surface area contributed by atoms with E-state index in [1.807, 2.05) is 44.2 Å². The molecule has 1 amide bonds. The largest absolute Gasteiger partial charge is 0.496 e. The summed E-state index contributed by atoms with van der Waals surface area (Å²) >= 11 is 0. The molecule has 23 heavy (non-hydrogen) atoms. The summed E-state index contributed by atoms with van der Waals surface area (Å²) in [5.41, 5.74) is 4.27. The molecule has 0 spiro atoms. The number of nitrogens with one attached hydrogen (secondary N) is 1. The van der Waals surface area contributed by atoms with Crippen LogP contribution in [0.5, 0.6) is 5.75 Å². The van der Waals surface area contributed by atoms with Gasteiger partial charge in [-0.3, -0.25) is 4.79 Å². The Labute approximate surface area is 138 Å². The van der Waals surface area contributed by atoms with Crippen LogP contribution in [0.1, 0.15) is 30.0 Å². The number of amides is 1. The van der Waals surface area contributed by atoms with Crippen molar-refractivity contribution < 1.29 is 9.53 Å². The molecule has 0 saturated heterocycles. The van der Waals surface area contributed by atoms with Crippen LogP contribution in [0.3, 0.4) is 0 Å². The SMILES string of the molecule is COc1ccccc1C[C@@H](C)CC(=O)Nc1cc(C)ccc1C. The Morgan fingerprint density at radius 3 is 2.65 bits per heavy atom. The minimum atomic E-state index is 0.0566. The van der Waals surface area contributed by atoms with Gasteiger partial charge in [-0.05, 0) is 55.0 Å². The van der Waals surface area contributed by atoms with Crippen LogP contribution in [0, 0.1) is 19.8 Å². The number of methoxy groups -OCH3 is 1. The van der Waals surface area contributed by atoms with Crippen LogP contribution in [0.2, 0.25) is 0 Å². The van der Waals surface area contributed by atoms with E-state index in [9.17, 15) is 4.79 Å². The van der Waals surface area contributed by atoms with Gasteiger partial charge in [0.1, 0.15) is 5.75 Å². The second-order valence-corrected chi connectivity index (χ2v) is 6.19. The highest BCUT2D eigenvalue weighted by molar-refractivity contribution is 5.91. The van der Waals surface area contributed by atoms with Crippen molar-refractivity contribution in [3.63, 3.8) is 0 Å². The first-order valence-corrected chi connectivity index (χ1v) is 7.98. The molecule has 0 aliphatic carbocycles. The molecule has 1 atom stereocenters. The molecule has 0 radical (unpaired) electrons. The smallest absolute Gasteiger partial charge is 0.224 e. The van der Waals surface area contributed by atoms with E-state index in [2.05, 4.69) is 24.4 Å². The quantitative estimate of drug-likeness (QED) is 0.852. The first-order valence-electron chi connectivity index (χ1n) is 7.98. The molecule has 3 nitrogen and oxygen atoms in total. The minimum Gasteiger partial charge on any atom is -0.496 e. The van der Waals surface area contributed by atoms with Gasteiger partial charge in [-0.2, -0.15) is 0 Å². The van der Waals surface area contributed by atoms with Crippen LogP contribution in [0.25, 0.3) is 0 Å². The molecule has 2 aromatic rings. The van der Waals surface area contributed by atoms with Gasteiger partial charge in [0.15, 0.2) is 0 Å². The fraction of sp³-hybridized carbons (Fsp3) is 0.350. The minimum absolute atomic E-state index is 0.0566. The zero-order valence-electron chi connectivity index (χ0n) is 14.3. The summed E-state index contributed by atoms with van der Waals surface area (Å²) in [5.74, 6) is 1.19. The number of benzene rings is 2. The third kappa shape index (κ3) is 4.85. The molecule has 1 N–H and O–H groups in total. The van der Waals surface area contributed by atoms with Crippen molar-refractivity contribution in [1.29, 1.82) is 0 Å². The Morgan fingerprint density at radius 2 is 1.91 bits per heavy atom. The average Bonchev–Trinajstić information content (AvgIpc) is 2.51. The van der Waals surface area contributed by atoms with Crippen LogP contribution in [-0.4, -0.2) is 13.0 Å². The van der Waals surface area contributed by atoms with Gasteiger partial charge in [0.25, 0.3) is 0 Å². The average molecular weight is 311 g/mol. The van der Waals surface area contributed by atoms with E-state index >= 15 is 0 Å². The molecule has 0 aliphatic rings. The van der Waals surface area contributed by atoms with Crippen LogP contribution < -0.4 is 10.1 Å². The molecule has 0 heterocycles. The number of aryl methyl sites for hydroxylation is 2. The maximum absolute atomic E-state index is 12.3. The second kappa shape index (κ2) is 7.82. The molecule has 0 fully saturated rings. The van der Waals surface area contributed by atoms with Crippen molar-refractivity contribution in [3.05, 3.63) is 59.2 Å². The number of carbonyl (C=O) groups excluding carboxylic acids is 1. The Balaban J connectivity index is 1.96. The van der Waals surface area contributed by atoms with Crippen LogP contribution in [0.4, 0.5) is 5.69 Å². The lowest BCUT2D eigenvalue weighted by Gasteiger charge is -2.15. The monoisotopic (exact) mass is 311 g/mol. The van der Waals surface area contributed by atoms with Crippen LogP contribution in [-0.2, 0) is 11.2 Å². The molecule has 0 unspecified atom stereocenters. The number of anilines is 1. The fourth-order valence-electron chi connectivity index (χ4n) is 2.71. The summed E-state index contributed by atoms with van der Waals surface area (Å²) in [4.78, 5) is 12.3. The molecule has 3 heteroatoms. The highest BCUT2D eigenvalue weighted by Gasteiger charge is 2.13. The van der Waals surface area contributed by atoms with Gasteiger partial charge in [0, 0.05) is 12.1 Å². The molecule has 2 rings (SSSR count). The topological polar surface area (TPSA) is 38.3 Å². The van der Waals surface area contributed by atoms with Gasteiger partial charge in [0.05, 0.1) is 7.11 Å². The van der Waals surface area contributed by atoms with Crippen molar-refractivity contribution in [2.24, 2.45) is 5.92 Å². The van der Waals surface area contributed by atoms with E-state index in [0.29, 0.717) is 6.42 Å². The number of rotatable bonds is 6. The number of hydrogen-bond donors (Lipinski definition) is 1. The van der Waals surface area contributed by atoms with Gasteiger partial charge in [-0.15, -0.1) is 0 Å². The standard InChI is InChI=1S/C20H25NO2/c1-14-9-10-16(3)18(12-14)21-20(22)13-15(2)11-17-7-5-6-8-19(17)23-4/h5-10,12,15H,11,13H2,1-4H3,(H,21,22)/t15-/m1/s1. The van der Waals surface area contributed by atoms with Gasteiger partial charge in [0.2, 0.25) is 5.91 Å². The summed E-state index contributed by atoms with van der Waals surface area (Å²) in [6.45, 7) is 6.13. The summed E-state index contributed by atoms with van der Waals surface area (Å²) in [6.07, 6.45) is 1.32. The molecule has 0 aliphatic heterocycles. The number of para-hydroxylation sites is 1. The molecular formula is C20H25NO2. The Morgan fingerprint density at radius 1 is 1.17 bits per heavy atom. The summed E-state index contributed by atoms with van der Waals surface area (Å²) in [5, 5.41) is 3.03. The van der Waals surface area contributed by atoms with E-state index in [1.165, 1.54) is 0 Å².